The van der Waals surface area contributed by atoms with Gasteiger partial charge in [-0.3, -0.25) is 0 Å². The highest BCUT2D eigenvalue weighted by Gasteiger charge is 2.34. The van der Waals surface area contributed by atoms with Crippen molar-refractivity contribution >= 4 is 0 Å². The van der Waals surface area contributed by atoms with E-state index in [2.05, 4.69) is 0 Å². The van der Waals surface area contributed by atoms with Crippen LogP contribution in [0.4, 0.5) is 0 Å². The second-order valence-electron chi connectivity index (χ2n) is 7.99. The lowest BCUT2D eigenvalue weighted by Crippen LogP contribution is -2.23. The molecule has 3 aromatic rings. The van der Waals surface area contributed by atoms with E-state index in [1.54, 1.807) is 24.3 Å². The van der Waals surface area contributed by atoms with Gasteiger partial charge in [-0.2, -0.15) is 0 Å². The Labute approximate surface area is 160 Å². The number of phenols is 3. The third-order valence-electron chi connectivity index (χ3n) is 5.54. The van der Waals surface area contributed by atoms with Gasteiger partial charge in [0.2, 0.25) is 0 Å². The molecule has 3 heteroatoms. The average molecular weight is 362 g/mol. The minimum absolute atomic E-state index is 0.180. The van der Waals surface area contributed by atoms with Crippen LogP contribution in [-0.2, 0) is 10.8 Å². The van der Waals surface area contributed by atoms with Crippen LogP contribution in [-0.4, -0.2) is 15.3 Å². The van der Waals surface area contributed by atoms with Crippen molar-refractivity contribution in [2.45, 2.75) is 38.5 Å². The second-order valence-corrected chi connectivity index (χ2v) is 7.99. The van der Waals surface area contributed by atoms with E-state index in [1.165, 1.54) is 0 Å². The predicted molar refractivity (Wildman–Crippen MR) is 109 cm³/mol. The van der Waals surface area contributed by atoms with Crippen LogP contribution in [0, 0.1) is 0 Å². The molecule has 3 nitrogen and oxygen atoms in total. The maximum Gasteiger partial charge on any atom is 0.123 e. The summed E-state index contributed by atoms with van der Waals surface area (Å²) in [6.45, 7) is 7.92. The zero-order chi connectivity index (χ0) is 19.8. The van der Waals surface area contributed by atoms with Gasteiger partial charge in [-0.1, -0.05) is 82.3 Å². The summed E-state index contributed by atoms with van der Waals surface area (Å²) in [4.78, 5) is 0. The van der Waals surface area contributed by atoms with E-state index in [0.29, 0.717) is 0 Å². The maximum absolute atomic E-state index is 11.2. The summed E-state index contributed by atoms with van der Waals surface area (Å²) in [5, 5.41) is 31.9. The summed E-state index contributed by atoms with van der Waals surface area (Å²) in [7, 11) is 0. The molecule has 0 aliphatic heterocycles. The van der Waals surface area contributed by atoms with Gasteiger partial charge in [-0.25, -0.2) is 0 Å². The zero-order valence-electron chi connectivity index (χ0n) is 16.2. The Balaban J connectivity index is 2.18. The molecule has 0 saturated heterocycles. The average Bonchev–Trinajstić information content (AvgIpc) is 2.62. The molecule has 27 heavy (non-hydrogen) atoms. The molecule has 0 radical (unpaired) electrons. The van der Waals surface area contributed by atoms with Crippen molar-refractivity contribution < 1.29 is 15.3 Å². The fourth-order valence-electron chi connectivity index (χ4n) is 3.85. The first-order valence-electron chi connectivity index (χ1n) is 9.07. The monoisotopic (exact) mass is 362 g/mol. The highest BCUT2D eigenvalue weighted by atomic mass is 16.3. The fraction of sp³-hybridized carbons (Fsp3) is 0.250. The molecule has 140 valence electrons. The smallest absolute Gasteiger partial charge is 0.123 e. The predicted octanol–water partition coefficient (Wildman–Crippen LogP) is 5.46. The molecule has 0 heterocycles. The van der Waals surface area contributed by atoms with Crippen LogP contribution < -0.4 is 0 Å². The van der Waals surface area contributed by atoms with E-state index in [0.717, 1.165) is 22.3 Å². The zero-order valence-corrected chi connectivity index (χ0v) is 16.2. The van der Waals surface area contributed by atoms with Crippen LogP contribution in [0.25, 0.3) is 0 Å². The quantitative estimate of drug-likeness (QED) is 0.578. The van der Waals surface area contributed by atoms with Crippen LogP contribution in [0.3, 0.4) is 0 Å². The first kappa shape index (κ1) is 18.8. The number of para-hydroxylation sites is 3. The Morgan fingerprint density at radius 1 is 0.481 bits per heavy atom. The van der Waals surface area contributed by atoms with Crippen LogP contribution >= 0.6 is 0 Å². The molecule has 0 unspecified atom stereocenters. The summed E-state index contributed by atoms with van der Waals surface area (Å²) >= 11 is 0. The molecule has 0 atom stereocenters. The summed E-state index contributed by atoms with van der Waals surface area (Å²) in [6, 6.07) is 20.1. The van der Waals surface area contributed by atoms with Gasteiger partial charge in [0.1, 0.15) is 17.2 Å². The molecule has 3 N–H and O–H groups in total. The van der Waals surface area contributed by atoms with Crippen molar-refractivity contribution in [3.8, 4) is 17.2 Å². The third-order valence-corrected chi connectivity index (χ3v) is 5.54. The molecule has 0 aromatic heterocycles. The lowest BCUT2D eigenvalue weighted by atomic mass is 9.72. The molecule has 0 amide bonds. The largest absolute Gasteiger partial charge is 0.508 e. The highest BCUT2D eigenvalue weighted by Crippen LogP contribution is 2.46. The van der Waals surface area contributed by atoms with Crippen LogP contribution in [0.5, 0.6) is 17.2 Å². The maximum atomic E-state index is 11.2. The molecule has 0 spiro atoms. The van der Waals surface area contributed by atoms with Gasteiger partial charge in [0.05, 0.1) is 0 Å². The van der Waals surface area contributed by atoms with E-state index in [-0.39, 0.29) is 17.2 Å². The number of phenolic OH excluding ortho intramolecular Hbond substituents is 3. The molecule has 0 fully saturated rings. The normalized spacial score (nSPS) is 12.1. The van der Waals surface area contributed by atoms with Crippen LogP contribution in [0.1, 0.15) is 49.9 Å². The van der Waals surface area contributed by atoms with Gasteiger partial charge in [-0.05, 0) is 12.1 Å². The molecular weight excluding hydrogens is 336 g/mol. The summed E-state index contributed by atoms with van der Waals surface area (Å²) < 4.78 is 0. The summed E-state index contributed by atoms with van der Waals surface area (Å²) in [5.41, 5.74) is 1.76. The lowest BCUT2D eigenvalue weighted by molar-refractivity contribution is 0.418. The molecule has 0 bridgehead atoms. The number of hydrogen-bond acceptors (Lipinski definition) is 3. The van der Waals surface area contributed by atoms with Gasteiger partial charge in [0.25, 0.3) is 0 Å². The Morgan fingerprint density at radius 2 is 0.815 bits per heavy atom. The van der Waals surface area contributed by atoms with Crippen molar-refractivity contribution in [3.05, 3.63) is 89.0 Å². The Bertz CT molecular complexity index is 895. The third kappa shape index (κ3) is 3.14. The van der Waals surface area contributed by atoms with Gasteiger partial charge in [0, 0.05) is 33.1 Å². The molecule has 0 saturated carbocycles. The van der Waals surface area contributed by atoms with E-state index >= 15 is 0 Å². The molecular formula is C24H26O3. The van der Waals surface area contributed by atoms with Gasteiger partial charge in [0.15, 0.2) is 0 Å². The number of aromatic hydroxyl groups is 3. The Hall–Kier alpha value is -2.94. The lowest BCUT2D eigenvalue weighted by Gasteiger charge is -2.32. The van der Waals surface area contributed by atoms with Crippen molar-refractivity contribution in [1.82, 2.24) is 0 Å². The minimum Gasteiger partial charge on any atom is -0.508 e. The number of hydrogen-bond donors (Lipinski definition) is 3. The minimum atomic E-state index is -0.597. The number of benzene rings is 3. The van der Waals surface area contributed by atoms with Crippen LogP contribution in [0.15, 0.2) is 66.7 Å². The van der Waals surface area contributed by atoms with Gasteiger partial charge < -0.3 is 15.3 Å². The van der Waals surface area contributed by atoms with Crippen molar-refractivity contribution in [3.63, 3.8) is 0 Å². The van der Waals surface area contributed by atoms with E-state index < -0.39 is 10.8 Å². The first-order valence-corrected chi connectivity index (χ1v) is 9.07. The van der Waals surface area contributed by atoms with E-state index in [9.17, 15) is 15.3 Å². The molecule has 0 aliphatic carbocycles. The van der Waals surface area contributed by atoms with Crippen LogP contribution in [0.2, 0.25) is 0 Å². The first-order chi connectivity index (χ1) is 12.7. The highest BCUT2D eigenvalue weighted by molar-refractivity contribution is 5.57. The molecule has 3 rings (SSSR count). The summed E-state index contributed by atoms with van der Waals surface area (Å²) in [6.07, 6.45) is 0. The molecule has 3 aromatic carbocycles. The standard InChI is InChI=1S/C24H26O3/c1-23(2,16-10-5-7-14-20(16)25)18-12-9-13-19(22(18)27)24(3,4)17-11-6-8-15-21(17)26/h5-15,25-27H,1-4H3. The van der Waals surface area contributed by atoms with E-state index in [1.807, 2.05) is 70.2 Å². The van der Waals surface area contributed by atoms with Crippen molar-refractivity contribution in [2.24, 2.45) is 0 Å². The Kier molecular flexibility index (Phi) is 4.64. The second kappa shape index (κ2) is 6.66. The Morgan fingerprint density at radius 3 is 1.19 bits per heavy atom. The summed E-state index contributed by atoms with van der Waals surface area (Å²) in [5.74, 6) is 0.582. The van der Waals surface area contributed by atoms with Gasteiger partial charge in [-0.15, -0.1) is 0 Å². The van der Waals surface area contributed by atoms with Crippen molar-refractivity contribution in [1.29, 1.82) is 0 Å². The SMILES string of the molecule is CC(C)(c1ccccc1O)c1cccc(C(C)(C)c2ccccc2O)c1O. The number of rotatable bonds is 4. The topological polar surface area (TPSA) is 60.7 Å². The van der Waals surface area contributed by atoms with Gasteiger partial charge >= 0.3 is 0 Å². The van der Waals surface area contributed by atoms with Crippen molar-refractivity contribution in [2.75, 3.05) is 0 Å². The van der Waals surface area contributed by atoms with E-state index in [4.69, 9.17) is 0 Å². The fourth-order valence-corrected chi connectivity index (χ4v) is 3.85. The molecule has 0 aliphatic rings.